The molecule has 1 N–H and O–H groups in total. The highest BCUT2D eigenvalue weighted by molar-refractivity contribution is 7.99. The molecule has 0 saturated carbocycles. The van der Waals surface area contributed by atoms with Crippen molar-refractivity contribution in [1.82, 2.24) is 19.4 Å². The summed E-state index contributed by atoms with van der Waals surface area (Å²) in [6.45, 7) is 1.61. The van der Waals surface area contributed by atoms with Gasteiger partial charge in [0.25, 0.3) is 5.56 Å². The minimum Gasteiger partial charge on any atom is -0.497 e. The van der Waals surface area contributed by atoms with Crippen molar-refractivity contribution in [3.63, 3.8) is 0 Å². The molecule has 164 valence electrons. The Bertz CT molecular complexity index is 1350. The lowest BCUT2D eigenvalue weighted by Crippen LogP contribution is -2.36. The van der Waals surface area contributed by atoms with Gasteiger partial charge in [-0.2, -0.15) is 0 Å². The summed E-state index contributed by atoms with van der Waals surface area (Å²) in [4.78, 5) is 36.4. The second-order valence-corrected chi connectivity index (χ2v) is 8.80. The zero-order valence-corrected chi connectivity index (χ0v) is 18.7. The van der Waals surface area contributed by atoms with E-state index in [9.17, 15) is 9.59 Å². The molecule has 0 aliphatic carbocycles. The Morgan fingerprint density at radius 1 is 1.12 bits per heavy atom. The number of H-pyrrole nitrogens is 1. The van der Waals surface area contributed by atoms with E-state index in [1.807, 2.05) is 47.4 Å². The van der Waals surface area contributed by atoms with Crippen molar-refractivity contribution < 1.29 is 9.53 Å². The number of likely N-dealkylation sites (tertiary alicyclic amines) is 1. The van der Waals surface area contributed by atoms with Gasteiger partial charge in [0, 0.05) is 30.1 Å². The number of nitrogens with zero attached hydrogens (tertiary/aromatic N) is 3. The fraction of sp³-hybridized carbons (Fsp3) is 0.292. The van der Waals surface area contributed by atoms with Gasteiger partial charge in [0.1, 0.15) is 16.8 Å². The number of hydrogen-bond donors (Lipinski definition) is 1. The molecule has 1 fully saturated rings. The first-order valence-corrected chi connectivity index (χ1v) is 11.7. The molecular formula is C24H24N4O3S. The van der Waals surface area contributed by atoms with Crippen LogP contribution in [0.5, 0.6) is 5.75 Å². The number of thioether (sulfide) groups is 1. The molecular weight excluding hydrogens is 424 g/mol. The van der Waals surface area contributed by atoms with Gasteiger partial charge in [0.15, 0.2) is 5.16 Å². The Kier molecular flexibility index (Phi) is 5.61. The molecule has 1 saturated heterocycles. The maximum atomic E-state index is 13.6. The van der Waals surface area contributed by atoms with Gasteiger partial charge in [-0.05, 0) is 37.5 Å². The van der Waals surface area contributed by atoms with Crippen LogP contribution in [0.1, 0.15) is 19.3 Å². The van der Waals surface area contributed by atoms with Crippen LogP contribution in [0, 0.1) is 0 Å². The summed E-state index contributed by atoms with van der Waals surface area (Å²) in [7, 11) is 1.59. The molecule has 8 heteroatoms. The Morgan fingerprint density at radius 3 is 2.75 bits per heavy atom. The molecule has 32 heavy (non-hydrogen) atoms. The van der Waals surface area contributed by atoms with Gasteiger partial charge in [-0.15, -0.1) is 0 Å². The van der Waals surface area contributed by atoms with Crippen LogP contribution in [-0.4, -0.2) is 51.3 Å². The van der Waals surface area contributed by atoms with Crippen LogP contribution in [0.3, 0.4) is 0 Å². The van der Waals surface area contributed by atoms with Crippen molar-refractivity contribution in [3.05, 3.63) is 58.9 Å². The molecule has 0 bridgehead atoms. The molecule has 3 heterocycles. The van der Waals surface area contributed by atoms with Crippen LogP contribution in [-0.2, 0) is 4.79 Å². The van der Waals surface area contributed by atoms with Crippen molar-refractivity contribution in [3.8, 4) is 11.4 Å². The number of nitrogens with one attached hydrogen (secondary N) is 1. The summed E-state index contributed by atoms with van der Waals surface area (Å²) in [6.07, 6.45) is 3.26. The molecule has 1 amide bonds. The predicted molar refractivity (Wildman–Crippen MR) is 127 cm³/mol. The molecule has 1 aliphatic heterocycles. The van der Waals surface area contributed by atoms with E-state index in [1.54, 1.807) is 17.7 Å². The van der Waals surface area contributed by atoms with E-state index in [4.69, 9.17) is 9.72 Å². The molecule has 0 radical (unpaired) electrons. The summed E-state index contributed by atoms with van der Waals surface area (Å²) in [5.41, 5.74) is 2.37. The second kappa shape index (κ2) is 8.70. The number of fused-ring (bicyclic) bond motifs is 3. The first kappa shape index (κ1) is 20.6. The standard InChI is InChI=1S/C24H24N4O3S/c1-31-17-9-7-8-16(14-17)28-23(30)22-21(18-10-3-4-11-19(18)25-22)26-24(28)32-15-20(29)27-12-5-2-6-13-27/h3-4,7-11,14,25H,2,5-6,12-13,15H2,1H3. The number of carbonyl (C=O) groups is 1. The van der Waals surface area contributed by atoms with E-state index in [0.29, 0.717) is 27.6 Å². The summed E-state index contributed by atoms with van der Waals surface area (Å²) >= 11 is 1.30. The van der Waals surface area contributed by atoms with E-state index in [1.165, 1.54) is 18.2 Å². The van der Waals surface area contributed by atoms with Crippen molar-refractivity contribution >= 4 is 39.6 Å². The lowest BCUT2D eigenvalue weighted by molar-refractivity contribution is -0.129. The molecule has 7 nitrogen and oxygen atoms in total. The number of rotatable bonds is 5. The van der Waals surface area contributed by atoms with Crippen LogP contribution >= 0.6 is 11.8 Å². The molecule has 0 spiro atoms. The van der Waals surface area contributed by atoms with E-state index >= 15 is 0 Å². The molecule has 1 aliphatic rings. The zero-order chi connectivity index (χ0) is 22.1. The van der Waals surface area contributed by atoms with Crippen molar-refractivity contribution in [1.29, 1.82) is 0 Å². The Morgan fingerprint density at radius 2 is 1.94 bits per heavy atom. The van der Waals surface area contributed by atoms with Crippen molar-refractivity contribution in [2.45, 2.75) is 24.4 Å². The summed E-state index contributed by atoms with van der Waals surface area (Å²) in [6, 6.07) is 15.0. The maximum absolute atomic E-state index is 13.6. The van der Waals surface area contributed by atoms with E-state index in [0.717, 1.165) is 36.8 Å². The average molecular weight is 449 g/mol. The number of aromatic amines is 1. The van der Waals surface area contributed by atoms with Crippen LogP contribution in [0.25, 0.3) is 27.6 Å². The van der Waals surface area contributed by atoms with Gasteiger partial charge in [-0.1, -0.05) is 36.0 Å². The summed E-state index contributed by atoms with van der Waals surface area (Å²) in [5, 5.41) is 1.38. The number of aromatic nitrogens is 3. The third kappa shape index (κ3) is 3.75. The van der Waals surface area contributed by atoms with E-state index in [-0.39, 0.29) is 17.2 Å². The molecule has 2 aromatic heterocycles. The highest BCUT2D eigenvalue weighted by atomic mass is 32.2. The molecule has 5 rings (SSSR count). The maximum Gasteiger partial charge on any atom is 0.283 e. The van der Waals surface area contributed by atoms with Crippen LogP contribution < -0.4 is 10.3 Å². The number of benzene rings is 2. The normalized spacial score (nSPS) is 14.2. The van der Waals surface area contributed by atoms with E-state index in [2.05, 4.69) is 4.98 Å². The van der Waals surface area contributed by atoms with Gasteiger partial charge in [-0.25, -0.2) is 4.98 Å². The SMILES string of the molecule is COc1cccc(-n2c(SCC(=O)N3CCCCC3)nc3c([nH]c4ccccc43)c2=O)c1. The first-order valence-electron chi connectivity index (χ1n) is 10.7. The highest BCUT2D eigenvalue weighted by Gasteiger charge is 2.21. The number of hydrogen-bond acceptors (Lipinski definition) is 5. The quantitative estimate of drug-likeness (QED) is 0.369. The summed E-state index contributed by atoms with van der Waals surface area (Å²) in [5.74, 6) is 0.969. The minimum absolute atomic E-state index is 0.0835. The molecule has 2 aromatic carbocycles. The first-order chi connectivity index (χ1) is 15.7. The topological polar surface area (TPSA) is 80.2 Å². The third-order valence-electron chi connectivity index (χ3n) is 5.84. The minimum atomic E-state index is -0.202. The van der Waals surface area contributed by atoms with Gasteiger partial charge < -0.3 is 14.6 Å². The zero-order valence-electron chi connectivity index (χ0n) is 17.8. The lowest BCUT2D eigenvalue weighted by Gasteiger charge is -2.26. The fourth-order valence-corrected chi connectivity index (χ4v) is 5.09. The van der Waals surface area contributed by atoms with Crippen molar-refractivity contribution in [2.24, 2.45) is 0 Å². The Labute approximate surface area is 189 Å². The van der Waals surface area contributed by atoms with Crippen LogP contribution in [0.15, 0.2) is 58.5 Å². The predicted octanol–water partition coefficient (Wildman–Crippen LogP) is 3.98. The largest absolute Gasteiger partial charge is 0.497 e. The fourth-order valence-electron chi connectivity index (χ4n) is 4.18. The van der Waals surface area contributed by atoms with Gasteiger partial charge in [-0.3, -0.25) is 14.2 Å². The molecule has 0 unspecified atom stereocenters. The third-order valence-corrected chi connectivity index (χ3v) is 6.76. The van der Waals surface area contributed by atoms with Crippen LogP contribution in [0.2, 0.25) is 0 Å². The monoisotopic (exact) mass is 448 g/mol. The second-order valence-electron chi connectivity index (χ2n) is 7.86. The summed E-state index contributed by atoms with van der Waals surface area (Å²) < 4.78 is 6.92. The number of amides is 1. The number of para-hydroxylation sites is 1. The Balaban J connectivity index is 1.62. The van der Waals surface area contributed by atoms with Crippen molar-refractivity contribution in [2.75, 3.05) is 26.0 Å². The van der Waals surface area contributed by atoms with E-state index < -0.39 is 0 Å². The molecule has 4 aromatic rings. The number of piperidine rings is 1. The Hall–Kier alpha value is -3.26. The van der Waals surface area contributed by atoms with Crippen LogP contribution in [0.4, 0.5) is 0 Å². The average Bonchev–Trinajstić information content (AvgIpc) is 3.22. The number of carbonyl (C=O) groups excluding carboxylic acids is 1. The molecule has 0 atom stereocenters. The number of ether oxygens (including phenoxy) is 1. The van der Waals surface area contributed by atoms with Gasteiger partial charge in [0.2, 0.25) is 5.91 Å². The van der Waals surface area contributed by atoms with Gasteiger partial charge >= 0.3 is 0 Å². The lowest BCUT2D eigenvalue weighted by atomic mass is 10.1. The number of methoxy groups -OCH3 is 1. The smallest absolute Gasteiger partial charge is 0.283 e. The highest BCUT2D eigenvalue weighted by Crippen LogP contribution is 2.27. The van der Waals surface area contributed by atoms with Gasteiger partial charge in [0.05, 0.1) is 18.6 Å².